The van der Waals surface area contributed by atoms with E-state index in [1.165, 1.54) is 7.11 Å². The summed E-state index contributed by atoms with van der Waals surface area (Å²) in [5.41, 5.74) is 0.682. The smallest absolute Gasteiger partial charge is 0.327 e. The number of nitrogens with one attached hydrogen (secondary N) is 1. The second-order valence-electron chi connectivity index (χ2n) is 4.59. The zero-order valence-corrected chi connectivity index (χ0v) is 11.3. The molecule has 0 aromatic heterocycles. The lowest BCUT2D eigenvalue weighted by Crippen LogP contribution is -2.45. The Balaban J connectivity index is 2.99. The quantitative estimate of drug-likeness (QED) is 0.764. The zero-order valence-electron chi connectivity index (χ0n) is 11.3. The Morgan fingerprint density at radius 3 is 2.21 bits per heavy atom. The van der Waals surface area contributed by atoms with Gasteiger partial charge >= 0.3 is 11.9 Å². The number of aliphatic carboxylic acids is 1. The number of hydrogen-bond acceptors (Lipinski definition) is 4. The first-order valence-electron chi connectivity index (χ1n) is 6.09. The lowest BCUT2D eigenvalue weighted by molar-refractivity contribution is -0.145. The average molecular weight is 265 g/mol. The minimum Gasteiger partial charge on any atom is -0.480 e. The van der Waals surface area contributed by atoms with Crippen molar-refractivity contribution in [2.45, 2.75) is 25.9 Å². The number of carboxylic acid groups (broad SMARTS) is 1. The van der Waals surface area contributed by atoms with Crippen LogP contribution >= 0.6 is 0 Å². The molecule has 1 aromatic carbocycles. The van der Waals surface area contributed by atoms with Gasteiger partial charge in [0.25, 0.3) is 0 Å². The van der Waals surface area contributed by atoms with Gasteiger partial charge in [0.1, 0.15) is 12.1 Å². The summed E-state index contributed by atoms with van der Waals surface area (Å²) in [6, 6.07) is 7.33. The fraction of sp³-hybridized carbons (Fsp3) is 0.429. The maximum absolute atomic E-state index is 11.8. The molecule has 2 N–H and O–H groups in total. The topological polar surface area (TPSA) is 75.6 Å². The van der Waals surface area contributed by atoms with Gasteiger partial charge in [-0.3, -0.25) is 10.1 Å². The van der Waals surface area contributed by atoms with E-state index in [0.29, 0.717) is 5.56 Å². The van der Waals surface area contributed by atoms with Crippen molar-refractivity contribution >= 4 is 11.9 Å². The first kappa shape index (κ1) is 15.2. The monoisotopic (exact) mass is 265 g/mol. The number of benzene rings is 1. The lowest BCUT2D eigenvalue weighted by atomic mass is 10.0. The summed E-state index contributed by atoms with van der Waals surface area (Å²) >= 11 is 0. The van der Waals surface area contributed by atoms with Crippen molar-refractivity contribution in [1.29, 1.82) is 0 Å². The predicted molar refractivity (Wildman–Crippen MR) is 70.6 cm³/mol. The van der Waals surface area contributed by atoms with Crippen LogP contribution in [0.1, 0.15) is 25.5 Å². The van der Waals surface area contributed by atoms with Crippen LogP contribution in [-0.4, -0.2) is 30.2 Å². The third-order valence-electron chi connectivity index (χ3n) is 2.85. The van der Waals surface area contributed by atoms with Crippen LogP contribution in [-0.2, 0) is 14.3 Å². The molecule has 1 rings (SSSR count). The van der Waals surface area contributed by atoms with Gasteiger partial charge in [-0.2, -0.15) is 0 Å². The van der Waals surface area contributed by atoms with Gasteiger partial charge in [0, 0.05) is 0 Å². The third-order valence-corrected chi connectivity index (χ3v) is 2.85. The van der Waals surface area contributed by atoms with E-state index in [4.69, 9.17) is 4.74 Å². The first-order chi connectivity index (χ1) is 8.97. The van der Waals surface area contributed by atoms with E-state index < -0.39 is 24.0 Å². The Morgan fingerprint density at radius 1 is 1.21 bits per heavy atom. The van der Waals surface area contributed by atoms with E-state index in [0.717, 1.165) is 0 Å². The molecule has 0 spiro atoms. The molecule has 104 valence electrons. The van der Waals surface area contributed by atoms with E-state index in [2.05, 4.69) is 5.32 Å². The molecular formula is C14H19NO4. The van der Waals surface area contributed by atoms with Gasteiger partial charge in [-0.25, -0.2) is 4.79 Å². The number of carbonyl (C=O) groups is 2. The second-order valence-corrected chi connectivity index (χ2v) is 4.59. The number of methoxy groups -OCH3 is 1. The molecule has 1 aromatic rings. The molecule has 0 saturated heterocycles. The van der Waals surface area contributed by atoms with E-state index in [1.807, 2.05) is 6.07 Å². The summed E-state index contributed by atoms with van der Waals surface area (Å²) in [6.45, 7) is 3.57. The Hall–Kier alpha value is -1.88. The number of rotatable bonds is 6. The van der Waals surface area contributed by atoms with Gasteiger partial charge in [0.2, 0.25) is 0 Å². The van der Waals surface area contributed by atoms with Crippen LogP contribution < -0.4 is 5.32 Å². The summed E-state index contributed by atoms with van der Waals surface area (Å²) < 4.78 is 4.73. The van der Waals surface area contributed by atoms with E-state index in [9.17, 15) is 14.7 Å². The van der Waals surface area contributed by atoms with Gasteiger partial charge in [-0.15, -0.1) is 0 Å². The van der Waals surface area contributed by atoms with Crippen LogP contribution in [0.4, 0.5) is 0 Å². The fourth-order valence-corrected chi connectivity index (χ4v) is 1.79. The predicted octanol–water partition coefficient (Wildman–Crippen LogP) is 1.60. The Bertz CT molecular complexity index is 430. The highest BCUT2D eigenvalue weighted by atomic mass is 16.5. The Kier molecular flexibility index (Phi) is 5.51. The first-order valence-corrected chi connectivity index (χ1v) is 6.09. The molecule has 0 aliphatic heterocycles. The summed E-state index contributed by atoms with van der Waals surface area (Å²) in [4.78, 5) is 23.0. The maximum Gasteiger partial charge on any atom is 0.327 e. The van der Waals surface area contributed by atoms with Crippen molar-refractivity contribution in [2.75, 3.05) is 7.11 Å². The van der Waals surface area contributed by atoms with Crippen LogP contribution in [0.3, 0.4) is 0 Å². The Morgan fingerprint density at radius 2 is 1.79 bits per heavy atom. The number of esters is 1. The largest absolute Gasteiger partial charge is 0.480 e. The van der Waals surface area contributed by atoms with Crippen molar-refractivity contribution in [3.05, 3.63) is 35.9 Å². The standard InChI is InChI=1S/C14H19NO4/c1-9(2)11(13(16)17)15-12(14(18)19-3)10-7-5-4-6-8-10/h4-9,11-12,15H,1-3H3,(H,16,17). The number of carboxylic acids is 1. The van der Waals surface area contributed by atoms with Gasteiger partial charge in [-0.05, 0) is 11.5 Å². The molecule has 0 fully saturated rings. The van der Waals surface area contributed by atoms with E-state index in [-0.39, 0.29) is 5.92 Å². The van der Waals surface area contributed by atoms with E-state index in [1.54, 1.807) is 38.1 Å². The molecule has 2 unspecified atom stereocenters. The molecule has 0 radical (unpaired) electrons. The highest BCUT2D eigenvalue weighted by Gasteiger charge is 2.29. The highest BCUT2D eigenvalue weighted by Crippen LogP contribution is 2.17. The van der Waals surface area contributed by atoms with Crippen molar-refractivity contribution in [2.24, 2.45) is 5.92 Å². The molecular weight excluding hydrogens is 246 g/mol. The molecule has 0 heterocycles. The molecule has 0 aliphatic rings. The molecule has 5 heteroatoms. The summed E-state index contributed by atoms with van der Waals surface area (Å²) in [7, 11) is 1.28. The number of carbonyl (C=O) groups excluding carboxylic acids is 1. The number of ether oxygens (including phenoxy) is 1. The third kappa shape index (κ3) is 4.06. The second kappa shape index (κ2) is 6.89. The van der Waals surface area contributed by atoms with Crippen LogP contribution in [0.5, 0.6) is 0 Å². The summed E-state index contributed by atoms with van der Waals surface area (Å²) in [5, 5.41) is 12.0. The van der Waals surface area contributed by atoms with E-state index >= 15 is 0 Å². The van der Waals surface area contributed by atoms with Crippen molar-refractivity contribution in [3.63, 3.8) is 0 Å². The van der Waals surface area contributed by atoms with Crippen molar-refractivity contribution in [3.8, 4) is 0 Å². The van der Waals surface area contributed by atoms with Gasteiger partial charge in [0.05, 0.1) is 7.11 Å². The summed E-state index contributed by atoms with van der Waals surface area (Å²) in [5.74, 6) is -1.63. The SMILES string of the molecule is COC(=O)C(NC(C(=O)O)C(C)C)c1ccccc1. The normalized spacial score (nSPS) is 13.9. The molecule has 5 nitrogen and oxygen atoms in total. The minimum atomic E-state index is -0.986. The van der Waals surface area contributed by atoms with Crippen molar-refractivity contribution in [1.82, 2.24) is 5.32 Å². The molecule has 0 aliphatic carbocycles. The Labute approximate surface area is 112 Å². The zero-order chi connectivity index (χ0) is 14.4. The van der Waals surface area contributed by atoms with Gasteiger partial charge in [0.15, 0.2) is 0 Å². The van der Waals surface area contributed by atoms with Gasteiger partial charge < -0.3 is 9.84 Å². The molecule has 0 saturated carbocycles. The van der Waals surface area contributed by atoms with Gasteiger partial charge in [-0.1, -0.05) is 44.2 Å². The average Bonchev–Trinajstić information content (AvgIpc) is 2.39. The molecule has 2 atom stereocenters. The van der Waals surface area contributed by atoms with Crippen molar-refractivity contribution < 1.29 is 19.4 Å². The molecule has 0 amide bonds. The lowest BCUT2D eigenvalue weighted by Gasteiger charge is -2.24. The van der Waals surface area contributed by atoms with Crippen LogP contribution in [0, 0.1) is 5.92 Å². The number of hydrogen-bond donors (Lipinski definition) is 2. The molecule has 19 heavy (non-hydrogen) atoms. The maximum atomic E-state index is 11.8. The minimum absolute atomic E-state index is 0.145. The highest BCUT2D eigenvalue weighted by molar-refractivity contribution is 5.80. The van der Waals surface area contributed by atoms with Crippen LogP contribution in [0.15, 0.2) is 30.3 Å². The fourth-order valence-electron chi connectivity index (χ4n) is 1.79. The van der Waals surface area contributed by atoms with Crippen LogP contribution in [0.2, 0.25) is 0 Å². The van der Waals surface area contributed by atoms with Crippen LogP contribution in [0.25, 0.3) is 0 Å². The molecule has 0 bridgehead atoms. The summed E-state index contributed by atoms with van der Waals surface area (Å²) in [6.07, 6.45) is 0.